The lowest BCUT2D eigenvalue weighted by Crippen LogP contribution is -2.42. The van der Waals surface area contributed by atoms with Crippen LogP contribution < -0.4 is 4.90 Å². The molecule has 0 radical (unpaired) electrons. The van der Waals surface area contributed by atoms with Gasteiger partial charge in [0.1, 0.15) is 11.8 Å². The Hall–Kier alpha value is -2.94. The van der Waals surface area contributed by atoms with Crippen LogP contribution in [0.5, 0.6) is 0 Å². The summed E-state index contributed by atoms with van der Waals surface area (Å²) < 4.78 is 0. The van der Waals surface area contributed by atoms with E-state index < -0.39 is 6.04 Å². The maximum absolute atomic E-state index is 13.1. The number of rotatable bonds is 2. The largest absolute Gasteiger partial charge is 0.326 e. The molecule has 1 aromatic heterocycles. The van der Waals surface area contributed by atoms with Gasteiger partial charge >= 0.3 is 6.03 Å². The van der Waals surface area contributed by atoms with E-state index in [0.717, 1.165) is 23.6 Å². The zero-order chi connectivity index (χ0) is 17.4. The van der Waals surface area contributed by atoms with Crippen LogP contribution in [0.25, 0.3) is 10.8 Å². The molecule has 25 heavy (non-hydrogen) atoms. The van der Waals surface area contributed by atoms with E-state index >= 15 is 0 Å². The first kappa shape index (κ1) is 15.6. The lowest BCUT2D eigenvalue weighted by Gasteiger charge is -2.30. The minimum atomic E-state index is -0.572. The minimum Gasteiger partial charge on any atom is -0.318 e. The molecule has 1 saturated heterocycles. The molecule has 2 amide bonds. The van der Waals surface area contributed by atoms with Crippen LogP contribution in [0.1, 0.15) is 25.7 Å². The first-order chi connectivity index (χ1) is 12.2. The number of hydrogen-bond donors (Lipinski definition) is 0. The highest BCUT2D eigenvalue weighted by Gasteiger charge is 2.43. The van der Waals surface area contributed by atoms with Crippen molar-refractivity contribution in [1.82, 2.24) is 9.88 Å². The Morgan fingerprint density at radius 2 is 2.04 bits per heavy atom. The number of anilines is 1. The fourth-order valence-corrected chi connectivity index (χ4v) is 3.85. The third-order valence-electron chi connectivity index (χ3n) is 5.09. The highest BCUT2D eigenvalue weighted by Crippen LogP contribution is 2.33. The summed E-state index contributed by atoms with van der Waals surface area (Å²) in [6, 6.07) is 9.06. The van der Waals surface area contributed by atoms with E-state index in [4.69, 9.17) is 0 Å². The van der Waals surface area contributed by atoms with Gasteiger partial charge in [0.2, 0.25) is 0 Å². The fourth-order valence-electron chi connectivity index (χ4n) is 3.85. The smallest absolute Gasteiger partial charge is 0.318 e. The number of carbonyl (C=O) groups excluding carboxylic acids is 2. The number of fused-ring (bicyclic) bond motifs is 1. The van der Waals surface area contributed by atoms with E-state index in [1.807, 2.05) is 24.3 Å². The Kier molecular flexibility index (Phi) is 3.85. The van der Waals surface area contributed by atoms with Crippen molar-refractivity contribution in [2.24, 2.45) is 0 Å². The molecule has 2 fully saturated rings. The average Bonchev–Trinajstić information content (AvgIpc) is 2.97. The van der Waals surface area contributed by atoms with Gasteiger partial charge in [-0.15, -0.1) is 0 Å². The van der Waals surface area contributed by atoms with Crippen LogP contribution in [0.4, 0.5) is 10.5 Å². The Morgan fingerprint density at radius 1 is 1.20 bits per heavy atom. The molecule has 1 aliphatic heterocycles. The monoisotopic (exact) mass is 334 g/mol. The first-order valence-corrected chi connectivity index (χ1v) is 8.53. The molecule has 1 aliphatic carbocycles. The number of amides is 2. The number of Topliss-reactive ketones (excluding diaryl/α,β-unsaturated/α-hetero) is 1. The Balaban J connectivity index is 1.72. The molecule has 2 aromatic rings. The van der Waals surface area contributed by atoms with E-state index in [1.54, 1.807) is 17.3 Å². The molecular formula is C19H18N4O2. The Labute approximate surface area is 145 Å². The zero-order valence-electron chi connectivity index (χ0n) is 13.8. The van der Waals surface area contributed by atoms with Crippen molar-refractivity contribution in [1.29, 1.82) is 5.26 Å². The number of pyridine rings is 1. The highest BCUT2D eigenvalue weighted by molar-refractivity contribution is 6.04. The second-order valence-electron chi connectivity index (χ2n) is 6.62. The van der Waals surface area contributed by atoms with Gasteiger partial charge in [-0.05, 0) is 12.8 Å². The molecule has 1 saturated carbocycles. The molecule has 2 heterocycles. The van der Waals surface area contributed by atoms with Gasteiger partial charge < -0.3 is 4.90 Å². The maximum atomic E-state index is 13.1. The number of hydrogen-bond acceptors (Lipinski definition) is 4. The van der Waals surface area contributed by atoms with Gasteiger partial charge in [0.15, 0.2) is 0 Å². The van der Waals surface area contributed by atoms with Crippen molar-refractivity contribution in [3.63, 3.8) is 0 Å². The molecule has 2 unspecified atom stereocenters. The van der Waals surface area contributed by atoms with Crippen LogP contribution in [0.3, 0.4) is 0 Å². The normalized spacial score (nSPS) is 24.0. The van der Waals surface area contributed by atoms with Crippen molar-refractivity contribution < 1.29 is 9.59 Å². The van der Waals surface area contributed by atoms with Gasteiger partial charge in [0.25, 0.3) is 0 Å². The number of urea groups is 1. The number of nitriles is 1. The summed E-state index contributed by atoms with van der Waals surface area (Å²) in [6.07, 6.45) is 6.00. The molecule has 0 bridgehead atoms. The van der Waals surface area contributed by atoms with Crippen LogP contribution in [0.2, 0.25) is 0 Å². The van der Waals surface area contributed by atoms with Crippen LogP contribution >= 0.6 is 0 Å². The van der Waals surface area contributed by atoms with E-state index in [-0.39, 0.29) is 17.9 Å². The average molecular weight is 334 g/mol. The molecule has 4 rings (SSSR count). The summed E-state index contributed by atoms with van der Waals surface area (Å²) >= 11 is 0. The predicted molar refractivity (Wildman–Crippen MR) is 93.0 cm³/mol. The maximum Gasteiger partial charge on any atom is 0.326 e. The van der Waals surface area contributed by atoms with Crippen LogP contribution in [-0.2, 0) is 4.79 Å². The lowest BCUT2D eigenvalue weighted by molar-refractivity contribution is -0.121. The van der Waals surface area contributed by atoms with Gasteiger partial charge in [0.05, 0.1) is 24.5 Å². The van der Waals surface area contributed by atoms with Gasteiger partial charge in [-0.1, -0.05) is 24.3 Å². The molecule has 0 N–H and O–H groups in total. The molecule has 126 valence electrons. The van der Waals surface area contributed by atoms with E-state index in [1.165, 1.54) is 4.90 Å². The number of aromatic nitrogens is 1. The summed E-state index contributed by atoms with van der Waals surface area (Å²) in [5, 5.41) is 11.4. The lowest BCUT2D eigenvalue weighted by atomic mass is 9.93. The van der Waals surface area contributed by atoms with Crippen molar-refractivity contribution in [2.45, 2.75) is 37.8 Å². The number of ketones is 1. The second-order valence-corrected chi connectivity index (χ2v) is 6.62. The molecular weight excluding hydrogens is 316 g/mol. The van der Waals surface area contributed by atoms with Gasteiger partial charge in [-0.25, -0.2) is 4.79 Å². The summed E-state index contributed by atoms with van der Waals surface area (Å²) in [7, 11) is 0. The molecule has 2 atom stereocenters. The second kappa shape index (κ2) is 6.17. The highest BCUT2D eigenvalue weighted by atomic mass is 16.2. The van der Waals surface area contributed by atoms with Crippen LogP contribution in [0.15, 0.2) is 36.7 Å². The van der Waals surface area contributed by atoms with Gasteiger partial charge in [-0.3, -0.25) is 14.7 Å². The SMILES string of the molecule is N#CC1CN(C2CCCC(=O)C2)C(=O)N1c1cncc2ccccc12. The Bertz CT molecular complexity index is 883. The van der Waals surface area contributed by atoms with E-state index in [0.29, 0.717) is 25.1 Å². The number of carbonyl (C=O) groups is 2. The molecule has 1 aromatic carbocycles. The summed E-state index contributed by atoms with van der Waals surface area (Å²) in [6.45, 7) is 0.330. The van der Waals surface area contributed by atoms with Gasteiger partial charge in [0, 0.05) is 35.9 Å². The van der Waals surface area contributed by atoms with Crippen molar-refractivity contribution >= 4 is 28.3 Å². The minimum absolute atomic E-state index is 0.0995. The van der Waals surface area contributed by atoms with E-state index in [9.17, 15) is 14.9 Å². The summed E-state index contributed by atoms with van der Waals surface area (Å²) in [4.78, 5) is 32.3. The standard InChI is InChI=1S/C19H18N4O2/c20-9-15-12-22(14-5-3-6-16(24)8-14)19(25)23(15)18-11-21-10-13-4-1-2-7-17(13)18/h1-2,4,7,10-11,14-15H,3,5-6,8,12H2. The third kappa shape index (κ3) is 2.62. The topological polar surface area (TPSA) is 77.3 Å². The van der Waals surface area contributed by atoms with Crippen LogP contribution in [0, 0.1) is 11.3 Å². The summed E-state index contributed by atoms with van der Waals surface area (Å²) in [5.41, 5.74) is 0.652. The number of nitrogens with zero attached hydrogens (tertiary/aromatic N) is 4. The third-order valence-corrected chi connectivity index (χ3v) is 5.09. The Morgan fingerprint density at radius 3 is 2.84 bits per heavy atom. The molecule has 2 aliphatic rings. The fraction of sp³-hybridized carbons (Fsp3) is 0.368. The molecule has 0 spiro atoms. The number of benzene rings is 1. The van der Waals surface area contributed by atoms with E-state index in [2.05, 4.69) is 11.1 Å². The first-order valence-electron chi connectivity index (χ1n) is 8.53. The van der Waals surface area contributed by atoms with Crippen molar-refractivity contribution in [2.75, 3.05) is 11.4 Å². The molecule has 6 nitrogen and oxygen atoms in total. The van der Waals surface area contributed by atoms with Crippen LogP contribution in [-0.4, -0.2) is 40.3 Å². The van der Waals surface area contributed by atoms with Crippen molar-refractivity contribution in [3.8, 4) is 6.07 Å². The predicted octanol–water partition coefficient (Wildman–Crippen LogP) is 2.88. The quantitative estimate of drug-likeness (QED) is 0.846. The zero-order valence-corrected chi connectivity index (χ0v) is 13.8. The van der Waals surface area contributed by atoms with Gasteiger partial charge in [-0.2, -0.15) is 5.26 Å². The van der Waals surface area contributed by atoms with Crippen molar-refractivity contribution in [3.05, 3.63) is 36.7 Å². The summed E-state index contributed by atoms with van der Waals surface area (Å²) in [5.74, 6) is 0.197. The molecule has 6 heteroatoms.